The van der Waals surface area contributed by atoms with E-state index in [1.54, 1.807) is 0 Å². The van der Waals surface area contributed by atoms with E-state index >= 15 is 0 Å². The number of esters is 3. The van der Waals surface area contributed by atoms with Gasteiger partial charge in [0.2, 0.25) is 5.60 Å². The van der Waals surface area contributed by atoms with Gasteiger partial charge in [0, 0.05) is 6.08 Å². The maximum absolute atomic E-state index is 13.1. The lowest BCUT2D eigenvalue weighted by molar-refractivity contribution is -0.187. The fourth-order valence-electron chi connectivity index (χ4n) is 5.18. The molecule has 1 aliphatic carbocycles. The van der Waals surface area contributed by atoms with Gasteiger partial charge in [0.1, 0.15) is 0 Å². The third-order valence-corrected chi connectivity index (χ3v) is 7.95. The van der Waals surface area contributed by atoms with Gasteiger partial charge >= 0.3 is 17.9 Å². The molecule has 1 unspecified atom stereocenters. The van der Waals surface area contributed by atoms with Crippen LogP contribution in [0.25, 0.3) is 0 Å². The second-order valence-corrected chi connectivity index (χ2v) is 11.1. The molecule has 220 valence electrons. The lowest BCUT2D eigenvalue weighted by atomic mass is 9.78. The summed E-state index contributed by atoms with van der Waals surface area (Å²) in [4.78, 5) is 37.8. The van der Waals surface area contributed by atoms with E-state index in [9.17, 15) is 14.4 Å². The van der Waals surface area contributed by atoms with E-state index in [1.807, 2.05) is 0 Å². The molecule has 1 fully saturated rings. The maximum Gasteiger partial charge on any atom is 0.350 e. The van der Waals surface area contributed by atoms with E-state index in [1.165, 1.54) is 57.8 Å². The van der Waals surface area contributed by atoms with Crippen molar-refractivity contribution in [3.05, 3.63) is 12.7 Å². The molecule has 1 saturated carbocycles. The van der Waals surface area contributed by atoms with Crippen LogP contribution in [0.4, 0.5) is 0 Å². The molecule has 0 saturated heterocycles. The highest BCUT2D eigenvalue weighted by molar-refractivity contribution is 5.88. The van der Waals surface area contributed by atoms with Gasteiger partial charge in [-0.1, -0.05) is 111 Å². The first-order valence-corrected chi connectivity index (χ1v) is 15.6. The van der Waals surface area contributed by atoms with Crippen molar-refractivity contribution in [1.29, 1.82) is 0 Å². The Hall–Kier alpha value is -1.85. The topological polar surface area (TPSA) is 78.9 Å². The average molecular weight is 537 g/mol. The lowest BCUT2D eigenvalue weighted by Crippen LogP contribution is -2.48. The van der Waals surface area contributed by atoms with E-state index in [2.05, 4.69) is 27.4 Å². The van der Waals surface area contributed by atoms with Crippen molar-refractivity contribution >= 4 is 17.9 Å². The molecule has 0 N–H and O–H groups in total. The van der Waals surface area contributed by atoms with Crippen molar-refractivity contribution < 1.29 is 28.6 Å². The summed E-state index contributed by atoms with van der Waals surface area (Å²) in [6.45, 7) is 10.7. The molecule has 0 amide bonds. The van der Waals surface area contributed by atoms with Crippen LogP contribution in [0.2, 0.25) is 0 Å². The largest absolute Gasteiger partial charge is 0.465 e. The number of hydrogen-bond donors (Lipinski definition) is 0. The predicted octanol–water partition coefficient (Wildman–Crippen LogP) is 8.26. The van der Waals surface area contributed by atoms with E-state index in [0.717, 1.165) is 44.6 Å². The van der Waals surface area contributed by atoms with Gasteiger partial charge in [-0.15, -0.1) is 0 Å². The van der Waals surface area contributed by atoms with Gasteiger partial charge in [0.25, 0.3) is 0 Å². The summed E-state index contributed by atoms with van der Waals surface area (Å²) < 4.78 is 16.8. The second-order valence-electron chi connectivity index (χ2n) is 11.1. The minimum absolute atomic E-state index is 0.209. The van der Waals surface area contributed by atoms with Crippen LogP contribution in [0, 0.1) is 11.8 Å². The number of unbranched alkanes of at least 4 members (excludes halogenated alkanes) is 11. The van der Waals surface area contributed by atoms with Gasteiger partial charge in [0.15, 0.2) is 0 Å². The minimum Gasteiger partial charge on any atom is -0.465 e. The maximum atomic E-state index is 13.1. The lowest BCUT2D eigenvalue weighted by Gasteiger charge is -2.36. The molecule has 1 aliphatic rings. The van der Waals surface area contributed by atoms with Gasteiger partial charge in [-0.3, -0.25) is 4.79 Å². The summed E-state index contributed by atoms with van der Waals surface area (Å²) in [5.41, 5.74) is -1.35. The number of carbonyl (C=O) groups is 3. The van der Waals surface area contributed by atoms with Crippen molar-refractivity contribution in [3.63, 3.8) is 0 Å². The highest BCUT2D eigenvalue weighted by Gasteiger charge is 2.48. The number of carbonyl (C=O) groups excluding carboxylic acids is 3. The normalized spacial score (nSPS) is 19.9. The average Bonchev–Trinajstić information content (AvgIpc) is 2.93. The van der Waals surface area contributed by atoms with Gasteiger partial charge in [0.05, 0.1) is 19.1 Å². The summed E-state index contributed by atoms with van der Waals surface area (Å²) in [6, 6.07) is 0. The SMILES string of the molecule is C=CC(=O)OC1(C(=O)OCC(CC)CCCC)CCC(C(=O)OCCCCCCCCCCCCC)CC1. The molecule has 0 bridgehead atoms. The molecular formula is C32H56O6. The third-order valence-electron chi connectivity index (χ3n) is 7.95. The fourth-order valence-corrected chi connectivity index (χ4v) is 5.18. The highest BCUT2D eigenvalue weighted by Crippen LogP contribution is 2.37. The first-order valence-electron chi connectivity index (χ1n) is 15.6. The molecule has 38 heavy (non-hydrogen) atoms. The summed E-state index contributed by atoms with van der Waals surface area (Å²) in [6.07, 6.45) is 20.4. The minimum atomic E-state index is -1.35. The zero-order chi connectivity index (χ0) is 28.1. The fraction of sp³-hybridized carbons (Fsp3) is 0.844. The van der Waals surface area contributed by atoms with E-state index in [-0.39, 0.29) is 24.7 Å². The van der Waals surface area contributed by atoms with Crippen LogP contribution in [-0.2, 0) is 28.6 Å². The van der Waals surface area contributed by atoms with E-state index < -0.39 is 17.5 Å². The van der Waals surface area contributed by atoms with Crippen molar-refractivity contribution in [2.24, 2.45) is 11.8 Å². The Morgan fingerprint density at radius 2 is 1.37 bits per heavy atom. The van der Waals surface area contributed by atoms with Gasteiger partial charge in [-0.25, -0.2) is 9.59 Å². The van der Waals surface area contributed by atoms with Crippen LogP contribution in [0.1, 0.15) is 143 Å². The Kier molecular flexibility index (Phi) is 18.9. The Balaban J connectivity index is 2.37. The molecule has 0 aromatic rings. The van der Waals surface area contributed by atoms with Crippen LogP contribution in [-0.4, -0.2) is 36.7 Å². The Bertz CT molecular complexity index is 665. The molecule has 1 rings (SSSR count). The molecule has 0 aromatic carbocycles. The van der Waals surface area contributed by atoms with Crippen LogP contribution < -0.4 is 0 Å². The molecule has 0 spiro atoms. The Morgan fingerprint density at radius 1 is 0.816 bits per heavy atom. The van der Waals surface area contributed by atoms with Crippen molar-refractivity contribution in [2.75, 3.05) is 13.2 Å². The highest BCUT2D eigenvalue weighted by atomic mass is 16.6. The third kappa shape index (κ3) is 13.8. The summed E-state index contributed by atoms with van der Waals surface area (Å²) >= 11 is 0. The molecule has 0 aromatic heterocycles. The van der Waals surface area contributed by atoms with Crippen LogP contribution in [0.3, 0.4) is 0 Å². The van der Waals surface area contributed by atoms with Gasteiger partial charge in [-0.2, -0.15) is 0 Å². The molecule has 6 nitrogen and oxygen atoms in total. The first kappa shape index (κ1) is 34.2. The quantitative estimate of drug-likeness (QED) is 0.0600. The second kappa shape index (κ2) is 21.0. The number of ether oxygens (including phenoxy) is 3. The summed E-state index contributed by atoms with van der Waals surface area (Å²) in [5, 5.41) is 0. The zero-order valence-corrected chi connectivity index (χ0v) is 24.7. The first-order chi connectivity index (χ1) is 18.4. The van der Waals surface area contributed by atoms with E-state index in [4.69, 9.17) is 14.2 Å². The summed E-state index contributed by atoms with van der Waals surface area (Å²) in [5.74, 6) is -1.33. The molecule has 0 aliphatic heterocycles. The molecule has 6 heteroatoms. The van der Waals surface area contributed by atoms with Gasteiger partial charge in [-0.05, 0) is 44.4 Å². The Labute approximate surface area is 232 Å². The summed E-state index contributed by atoms with van der Waals surface area (Å²) in [7, 11) is 0. The van der Waals surface area contributed by atoms with Crippen molar-refractivity contribution in [3.8, 4) is 0 Å². The molecule has 0 radical (unpaired) electrons. The van der Waals surface area contributed by atoms with Crippen LogP contribution in [0.5, 0.6) is 0 Å². The number of rotatable bonds is 22. The van der Waals surface area contributed by atoms with Crippen LogP contribution >= 0.6 is 0 Å². The standard InChI is InChI=1S/C32H56O6/c1-5-9-11-12-13-14-15-16-17-18-19-25-36-30(34)28-21-23-32(24-22-28,38-29(33)8-4)31(35)37-26-27(7-3)20-10-6-2/h8,27-28H,4-7,9-26H2,1-3H3. The van der Waals surface area contributed by atoms with Gasteiger partial charge < -0.3 is 14.2 Å². The van der Waals surface area contributed by atoms with Crippen molar-refractivity contribution in [1.82, 2.24) is 0 Å². The van der Waals surface area contributed by atoms with E-state index in [0.29, 0.717) is 32.0 Å². The van der Waals surface area contributed by atoms with Crippen LogP contribution in [0.15, 0.2) is 12.7 Å². The smallest absolute Gasteiger partial charge is 0.350 e. The number of hydrogen-bond acceptors (Lipinski definition) is 6. The predicted molar refractivity (Wildman–Crippen MR) is 153 cm³/mol. The Morgan fingerprint density at radius 3 is 1.89 bits per heavy atom. The molecule has 0 heterocycles. The zero-order valence-electron chi connectivity index (χ0n) is 24.7. The van der Waals surface area contributed by atoms with Crippen molar-refractivity contribution in [2.45, 2.75) is 148 Å². The molecular weight excluding hydrogens is 480 g/mol. The monoisotopic (exact) mass is 536 g/mol. The molecule has 1 atom stereocenters.